The van der Waals surface area contributed by atoms with E-state index in [2.05, 4.69) is 5.32 Å². The lowest BCUT2D eigenvalue weighted by atomic mass is 10.1. The second-order valence-corrected chi connectivity index (χ2v) is 5.37. The average molecular weight is 341 g/mol. The molecule has 0 saturated heterocycles. The van der Waals surface area contributed by atoms with Gasteiger partial charge in [0.1, 0.15) is 11.3 Å². The van der Waals surface area contributed by atoms with E-state index in [4.69, 9.17) is 9.47 Å². The number of esters is 1. The number of carbonyl (C=O) groups excluding carboxylic acids is 3. The monoisotopic (exact) mass is 341 g/mol. The summed E-state index contributed by atoms with van der Waals surface area (Å²) in [6.45, 7) is 2.91. The summed E-state index contributed by atoms with van der Waals surface area (Å²) in [4.78, 5) is 35.7. The summed E-state index contributed by atoms with van der Waals surface area (Å²) in [7, 11) is 1.46. The Morgan fingerprint density at radius 1 is 1.00 bits per heavy atom. The van der Waals surface area contributed by atoms with Crippen LogP contribution in [0.1, 0.15) is 34.6 Å². The zero-order valence-electron chi connectivity index (χ0n) is 14.2. The topological polar surface area (TPSA) is 81.7 Å². The minimum absolute atomic E-state index is 0.196. The highest BCUT2D eigenvalue weighted by molar-refractivity contribution is 6.02. The number of ether oxygens (including phenoxy) is 2. The molecule has 0 fully saturated rings. The van der Waals surface area contributed by atoms with E-state index in [1.807, 2.05) is 0 Å². The summed E-state index contributed by atoms with van der Waals surface area (Å²) in [5.41, 5.74) is 1.22. The maximum atomic E-state index is 12.4. The van der Waals surface area contributed by atoms with Crippen LogP contribution in [-0.4, -0.2) is 30.9 Å². The lowest BCUT2D eigenvalue weighted by molar-refractivity contribution is -0.114. The van der Waals surface area contributed by atoms with Crippen LogP contribution in [0, 0.1) is 0 Å². The molecule has 0 spiro atoms. The summed E-state index contributed by atoms with van der Waals surface area (Å²) >= 11 is 0. The number of rotatable bonds is 6. The van der Waals surface area contributed by atoms with Gasteiger partial charge in [0.05, 0.1) is 7.11 Å². The Kier molecular flexibility index (Phi) is 5.89. The van der Waals surface area contributed by atoms with Crippen LogP contribution in [0.4, 0.5) is 5.69 Å². The van der Waals surface area contributed by atoms with E-state index in [1.165, 1.54) is 21.0 Å². The van der Waals surface area contributed by atoms with Crippen molar-refractivity contribution in [3.05, 3.63) is 59.7 Å². The molecular weight excluding hydrogens is 322 g/mol. The van der Waals surface area contributed by atoms with E-state index in [0.29, 0.717) is 17.0 Å². The van der Waals surface area contributed by atoms with Crippen LogP contribution in [-0.2, 0) is 9.53 Å². The average Bonchev–Trinajstić information content (AvgIpc) is 2.61. The number of hydrogen-bond donors (Lipinski definition) is 1. The van der Waals surface area contributed by atoms with E-state index in [9.17, 15) is 14.4 Å². The molecule has 25 heavy (non-hydrogen) atoms. The standard InChI is InChI=1S/C19H19NO5/c1-12(25-19(23)16-6-4-5-7-17(16)24-3)18(22)14-8-10-15(11-9-14)20-13(2)21/h4-12H,1-3H3,(H,20,21). The number of anilines is 1. The first-order chi connectivity index (χ1) is 11.9. The number of ketones is 1. The van der Waals surface area contributed by atoms with Gasteiger partial charge in [0, 0.05) is 18.2 Å². The molecule has 0 aromatic heterocycles. The molecule has 0 saturated carbocycles. The third-order valence-electron chi connectivity index (χ3n) is 3.47. The van der Waals surface area contributed by atoms with Crippen molar-refractivity contribution < 1.29 is 23.9 Å². The number of methoxy groups -OCH3 is 1. The minimum Gasteiger partial charge on any atom is -0.496 e. The van der Waals surface area contributed by atoms with Gasteiger partial charge in [-0.25, -0.2) is 4.79 Å². The number of amides is 1. The second-order valence-electron chi connectivity index (χ2n) is 5.37. The normalized spacial score (nSPS) is 11.3. The number of para-hydroxylation sites is 1. The van der Waals surface area contributed by atoms with Crippen LogP contribution in [0.2, 0.25) is 0 Å². The van der Waals surface area contributed by atoms with Crippen molar-refractivity contribution in [3.63, 3.8) is 0 Å². The van der Waals surface area contributed by atoms with Crippen molar-refractivity contribution in [2.24, 2.45) is 0 Å². The van der Waals surface area contributed by atoms with Crippen LogP contribution < -0.4 is 10.1 Å². The molecule has 0 aliphatic heterocycles. The van der Waals surface area contributed by atoms with Crippen LogP contribution in [0.25, 0.3) is 0 Å². The Bertz CT molecular complexity index is 783. The van der Waals surface area contributed by atoms with Gasteiger partial charge in [-0.05, 0) is 43.3 Å². The molecule has 0 heterocycles. The number of nitrogens with one attached hydrogen (secondary N) is 1. The number of hydrogen-bond acceptors (Lipinski definition) is 5. The molecule has 130 valence electrons. The van der Waals surface area contributed by atoms with E-state index < -0.39 is 12.1 Å². The molecule has 2 aromatic carbocycles. The first-order valence-electron chi connectivity index (χ1n) is 7.68. The molecular formula is C19H19NO5. The highest BCUT2D eigenvalue weighted by atomic mass is 16.5. The van der Waals surface area contributed by atoms with Crippen LogP contribution >= 0.6 is 0 Å². The number of Topliss-reactive ketones (excluding diaryl/α,β-unsaturated/α-hetero) is 1. The van der Waals surface area contributed by atoms with Crippen molar-refractivity contribution in [2.75, 3.05) is 12.4 Å². The maximum Gasteiger partial charge on any atom is 0.342 e. The Morgan fingerprint density at radius 3 is 2.24 bits per heavy atom. The van der Waals surface area contributed by atoms with Gasteiger partial charge in [0.15, 0.2) is 6.10 Å². The predicted molar refractivity (Wildman–Crippen MR) is 92.9 cm³/mol. The first-order valence-corrected chi connectivity index (χ1v) is 7.68. The van der Waals surface area contributed by atoms with Gasteiger partial charge in [-0.1, -0.05) is 12.1 Å². The Hall–Kier alpha value is -3.15. The first kappa shape index (κ1) is 18.2. The van der Waals surface area contributed by atoms with Gasteiger partial charge >= 0.3 is 5.97 Å². The highest BCUT2D eigenvalue weighted by Gasteiger charge is 2.22. The molecule has 2 aromatic rings. The third kappa shape index (κ3) is 4.67. The zero-order chi connectivity index (χ0) is 18.4. The maximum absolute atomic E-state index is 12.4. The fraction of sp³-hybridized carbons (Fsp3) is 0.211. The molecule has 1 unspecified atom stereocenters. The van der Waals surface area contributed by atoms with Gasteiger partial charge in [-0.2, -0.15) is 0 Å². The van der Waals surface area contributed by atoms with E-state index >= 15 is 0 Å². The molecule has 6 heteroatoms. The zero-order valence-corrected chi connectivity index (χ0v) is 14.2. The fourth-order valence-electron chi connectivity index (χ4n) is 2.25. The minimum atomic E-state index is -0.955. The second kappa shape index (κ2) is 8.10. The quantitative estimate of drug-likeness (QED) is 0.645. The largest absolute Gasteiger partial charge is 0.496 e. The fourth-order valence-corrected chi connectivity index (χ4v) is 2.25. The van der Waals surface area contributed by atoms with Crippen molar-refractivity contribution in [1.82, 2.24) is 0 Å². The Labute approximate surface area is 145 Å². The van der Waals surface area contributed by atoms with Crippen molar-refractivity contribution in [3.8, 4) is 5.75 Å². The van der Waals surface area contributed by atoms with Gasteiger partial charge in [-0.15, -0.1) is 0 Å². The molecule has 0 radical (unpaired) electrons. The summed E-state index contributed by atoms with van der Waals surface area (Å²) in [5, 5.41) is 2.62. The van der Waals surface area contributed by atoms with Gasteiger partial charge < -0.3 is 14.8 Å². The van der Waals surface area contributed by atoms with Gasteiger partial charge in [-0.3, -0.25) is 9.59 Å². The Balaban J connectivity index is 2.07. The summed E-state index contributed by atoms with van der Waals surface area (Å²) in [5.74, 6) is -0.782. The lowest BCUT2D eigenvalue weighted by Crippen LogP contribution is -2.24. The highest BCUT2D eigenvalue weighted by Crippen LogP contribution is 2.20. The molecule has 0 aliphatic rings. The summed E-state index contributed by atoms with van der Waals surface area (Å²) < 4.78 is 10.4. The summed E-state index contributed by atoms with van der Waals surface area (Å²) in [6, 6.07) is 13.0. The predicted octanol–water partition coefficient (Wildman–Crippen LogP) is 3.08. The van der Waals surface area contributed by atoms with Crippen molar-refractivity contribution >= 4 is 23.3 Å². The van der Waals surface area contributed by atoms with E-state index in [1.54, 1.807) is 48.5 Å². The van der Waals surface area contributed by atoms with Crippen LogP contribution in [0.3, 0.4) is 0 Å². The number of carbonyl (C=O) groups is 3. The van der Waals surface area contributed by atoms with Crippen LogP contribution in [0.15, 0.2) is 48.5 Å². The van der Waals surface area contributed by atoms with Crippen molar-refractivity contribution in [1.29, 1.82) is 0 Å². The molecule has 1 atom stereocenters. The molecule has 1 amide bonds. The molecule has 0 aliphatic carbocycles. The van der Waals surface area contributed by atoms with E-state index in [0.717, 1.165) is 0 Å². The lowest BCUT2D eigenvalue weighted by Gasteiger charge is -2.14. The molecule has 1 N–H and O–H groups in total. The van der Waals surface area contributed by atoms with Gasteiger partial charge in [0.25, 0.3) is 0 Å². The SMILES string of the molecule is COc1ccccc1C(=O)OC(C)C(=O)c1ccc(NC(C)=O)cc1. The molecule has 2 rings (SSSR count). The summed E-state index contributed by atoms with van der Waals surface area (Å²) in [6.07, 6.45) is -0.955. The van der Waals surface area contributed by atoms with Crippen LogP contribution in [0.5, 0.6) is 5.75 Å². The third-order valence-corrected chi connectivity index (χ3v) is 3.47. The molecule has 0 bridgehead atoms. The molecule has 6 nitrogen and oxygen atoms in total. The van der Waals surface area contributed by atoms with Crippen molar-refractivity contribution in [2.45, 2.75) is 20.0 Å². The smallest absolute Gasteiger partial charge is 0.342 e. The van der Waals surface area contributed by atoms with Gasteiger partial charge in [0.2, 0.25) is 11.7 Å². The van der Waals surface area contributed by atoms with E-state index in [-0.39, 0.29) is 17.3 Å². The Morgan fingerprint density at radius 2 is 1.64 bits per heavy atom. The number of benzene rings is 2.